The number of rotatable bonds is 5. The number of nitrogens with zero attached hydrogens (tertiary/aromatic N) is 4. The molecule has 0 N–H and O–H groups in total. The summed E-state index contributed by atoms with van der Waals surface area (Å²) in [6.07, 6.45) is 1.63. The maximum atomic E-state index is 12.3. The van der Waals surface area contributed by atoms with E-state index in [1.165, 1.54) is 0 Å². The van der Waals surface area contributed by atoms with Gasteiger partial charge in [0, 0.05) is 45.5 Å². The molecule has 0 unspecified atom stereocenters. The second kappa shape index (κ2) is 7.89. The van der Waals surface area contributed by atoms with Crippen molar-refractivity contribution in [1.82, 2.24) is 19.7 Å². The van der Waals surface area contributed by atoms with Crippen LogP contribution in [0.2, 0.25) is 0 Å². The van der Waals surface area contributed by atoms with Crippen LogP contribution in [-0.2, 0) is 4.79 Å². The van der Waals surface area contributed by atoms with E-state index in [0.29, 0.717) is 25.3 Å². The fraction of sp³-hybridized carbons (Fsp3) is 0.562. The molecule has 0 radical (unpaired) electrons. The van der Waals surface area contributed by atoms with Crippen LogP contribution in [0.1, 0.15) is 24.3 Å². The van der Waals surface area contributed by atoms with Crippen molar-refractivity contribution in [3.63, 3.8) is 0 Å². The van der Waals surface area contributed by atoms with E-state index < -0.39 is 0 Å². The van der Waals surface area contributed by atoms with E-state index in [4.69, 9.17) is 0 Å². The molecule has 6 nitrogen and oxygen atoms in total. The van der Waals surface area contributed by atoms with Crippen LogP contribution in [0.5, 0.6) is 0 Å². The molecule has 6 heteroatoms. The molecule has 0 atom stereocenters. The monoisotopic (exact) mass is 304 g/mol. The zero-order valence-electron chi connectivity index (χ0n) is 13.4. The largest absolute Gasteiger partial charge is 0.342 e. The van der Waals surface area contributed by atoms with Crippen molar-refractivity contribution in [2.45, 2.75) is 13.8 Å². The molecule has 1 aromatic rings. The van der Waals surface area contributed by atoms with Gasteiger partial charge in [-0.15, -0.1) is 0 Å². The Morgan fingerprint density at radius 1 is 1.14 bits per heavy atom. The van der Waals surface area contributed by atoms with Gasteiger partial charge >= 0.3 is 0 Å². The molecule has 1 saturated heterocycles. The summed E-state index contributed by atoms with van der Waals surface area (Å²) in [5, 5.41) is 0. The highest BCUT2D eigenvalue weighted by Crippen LogP contribution is 2.07. The number of aromatic nitrogens is 1. The van der Waals surface area contributed by atoms with Gasteiger partial charge in [-0.2, -0.15) is 0 Å². The van der Waals surface area contributed by atoms with Gasteiger partial charge in [0.05, 0.1) is 6.54 Å². The Morgan fingerprint density at radius 3 is 2.36 bits per heavy atom. The first kappa shape index (κ1) is 16.4. The van der Waals surface area contributed by atoms with E-state index in [1.807, 2.05) is 24.8 Å². The maximum absolute atomic E-state index is 12.3. The first-order valence-electron chi connectivity index (χ1n) is 7.86. The molecule has 1 fully saturated rings. The van der Waals surface area contributed by atoms with Crippen LogP contribution in [0.4, 0.5) is 0 Å². The van der Waals surface area contributed by atoms with Crippen LogP contribution in [0.15, 0.2) is 24.4 Å². The standard InChI is InChI=1S/C16H24N4O2/c1-3-19(4-2)15(21)13-18-9-11-20(12-10-18)16(22)14-7-5-6-8-17-14/h5-8H,3-4,9-13H2,1-2H3. The third-order valence-electron chi connectivity index (χ3n) is 4.02. The highest BCUT2D eigenvalue weighted by molar-refractivity contribution is 5.92. The third kappa shape index (κ3) is 4.04. The van der Waals surface area contributed by atoms with Crippen LogP contribution in [0, 0.1) is 0 Å². The van der Waals surface area contributed by atoms with Crippen molar-refractivity contribution in [2.75, 3.05) is 45.8 Å². The lowest BCUT2D eigenvalue weighted by Gasteiger charge is -2.35. The fourth-order valence-electron chi connectivity index (χ4n) is 2.63. The Bertz CT molecular complexity index is 494. The van der Waals surface area contributed by atoms with E-state index in [0.717, 1.165) is 26.2 Å². The summed E-state index contributed by atoms with van der Waals surface area (Å²) < 4.78 is 0. The zero-order valence-corrected chi connectivity index (χ0v) is 13.4. The lowest BCUT2D eigenvalue weighted by molar-refractivity contribution is -0.132. The molecule has 0 spiro atoms. The van der Waals surface area contributed by atoms with Crippen LogP contribution in [-0.4, -0.2) is 77.3 Å². The molecule has 1 aromatic heterocycles. The molecule has 0 aromatic carbocycles. The Balaban J connectivity index is 1.83. The van der Waals surface area contributed by atoms with E-state index >= 15 is 0 Å². The minimum Gasteiger partial charge on any atom is -0.342 e. The molecule has 1 aliphatic rings. The van der Waals surface area contributed by atoms with Crippen LogP contribution < -0.4 is 0 Å². The van der Waals surface area contributed by atoms with Crippen molar-refractivity contribution in [1.29, 1.82) is 0 Å². The number of pyridine rings is 1. The number of carbonyl (C=O) groups is 2. The molecule has 2 amide bonds. The molecular formula is C16H24N4O2. The molecular weight excluding hydrogens is 280 g/mol. The molecule has 2 rings (SSSR count). The lowest BCUT2D eigenvalue weighted by atomic mass is 10.2. The summed E-state index contributed by atoms with van der Waals surface area (Å²) in [5.41, 5.74) is 0.482. The Labute approximate surface area is 131 Å². The summed E-state index contributed by atoms with van der Waals surface area (Å²) in [4.78, 5) is 34.3. The second-order valence-electron chi connectivity index (χ2n) is 5.35. The second-order valence-corrected chi connectivity index (χ2v) is 5.35. The molecule has 120 valence electrons. The predicted molar refractivity (Wildman–Crippen MR) is 84.5 cm³/mol. The number of hydrogen-bond acceptors (Lipinski definition) is 4. The van der Waals surface area contributed by atoms with Gasteiger partial charge in [0.15, 0.2) is 0 Å². The highest BCUT2D eigenvalue weighted by atomic mass is 16.2. The summed E-state index contributed by atoms with van der Waals surface area (Å²) >= 11 is 0. The minimum absolute atomic E-state index is 0.0321. The van der Waals surface area contributed by atoms with E-state index in [1.54, 1.807) is 23.2 Å². The van der Waals surface area contributed by atoms with Crippen molar-refractivity contribution in [3.8, 4) is 0 Å². The minimum atomic E-state index is -0.0321. The molecule has 1 aliphatic heterocycles. The number of amides is 2. The summed E-state index contributed by atoms with van der Waals surface area (Å²) in [6.45, 7) is 8.64. The first-order valence-corrected chi connectivity index (χ1v) is 7.86. The fourth-order valence-corrected chi connectivity index (χ4v) is 2.63. The van der Waals surface area contributed by atoms with Gasteiger partial charge in [0.2, 0.25) is 5.91 Å². The SMILES string of the molecule is CCN(CC)C(=O)CN1CCN(C(=O)c2ccccn2)CC1. The maximum Gasteiger partial charge on any atom is 0.272 e. The topological polar surface area (TPSA) is 56.8 Å². The quantitative estimate of drug-likeness (QED) is 0.804. The Hall–Kier alpha value is -1.95. The lowest BCUT2D eigenvalue weighted by Crippen LogP contribution is -2.51. The summed E-state index contributed by atoms with van der Waals surface area (Å²) in [7, 11) is 0. The third-order valence-corrected chi connectivity index (χ3v) is 4.02. The van der Waals surface area contributed by atoms with Gasteiger partial charge < -0.3 is 9.80 Å². The average molecular weight is 304 g/mol. The highest BCUT2D eigenvalue weighted by Gasteiger charge is 2.24. The van der Waals surface area contributed by atoms with Gasteiger partial charge in [-0.05, 0) is 26.0 Å². The van der Waals surface area contributed by atoms with E-state index in [2.05, 4.69) is 9.88 Å². The van der Waals surface area contributed by atoms with Crippen LogP contribution in [0.3, 0.4) is 0 Å². The average Bonchev–Trinajstić information content (AvgIpc) is 2.57. The smallest absolute Gasteiger partial charge is 0.272 e. The van der Waals surface area contributed by atoms with Gasteiger partial charge in [-0.25, -0.2) is 0 Å². The molecule has 22 heavy (non-hydrogen) atoms. The number of piperazine rings is 1. The van der Waals surface area contributed by atoms with E-state index in [-0.39, 0.29) is 11.8 Å². The van der Waals surface area contributed by atoms with Crippen molar-refractivity contribution in [3.05, 3.63) is 30.1 Å². The van der Waals surface area contributed by atoms with Gasteiger partial charge in [-0.3, -0.25) is 19.5 Å². The molecule has 2 heterocycles. The number of carbonyl (C=O) groups excluding carboxylic acids is 2. The van der Waals surface area contributed by atoms with Gasteiger partial charge in [0.25, 0.3) is 5.91 Å². The molecule has 0 bridgehead atoms. The van der Waals surface area contributed by atoms with E-state index in [9.17, 15) is 9.59 Å². The van der Waals surface area contributed by atoms with Gasteiger partial charge in [-0.1, -0.05) is 6.07 Å². The summed E-state index contributed by atoms with van der Waals surface area (Å²) in [5.74, 6) is 0.129. The Morgan fingerprint density at radius 2 is 1.82 bits per heavy atom. The number of likely N-dealkylation sites (N-methyl/N-ethyl adjacent to an activating group) is 1. The van der Waals surface area contributed by atoms with Crippen molar-refractivity contribution >= 4 is 11.8 Å². The zero-order chi connectivity index (χ0) is 15.9. The molecule has 0 saturated carbocycles. The van der Waals surface area contributed by atoms with Crippen LogP contribution in [0.25, 0.3) is 0 Å². The van der Waals surface area contributed by atoms with Crippen molar-refractivity contribution in [2.24, 2.45) is 0 Å². The van der Waals surface area contributed by atoms with Crippen LogP contribution >= 0.6 is 0 Å². The normalized spacial score (nSPS) is 15.6. The van der Waals surface area contributed by atoms with Gasteiger partial charge in [0.1, 0.15) is 5.69 Å². The Kier molecular flexibility index (Phi) is 5.89. The predicted octanol–water partition coefficient (Wildman–Crippen LogP) is 0.708. The molecule has 0 aliphatic carbocycles. The first-order chi connectivity index (χ1) is 10.7. The summed E-state index contributed by atoms with van der Waals surface area (Å²) in [6, 6.07) is 5.35. The van der Waals surface area contributed by atoms with Crippen molar-refractivity contribution < 1.29 is 9.59 Å². The number of hydrogen-bond donors (Lipinski definition) is 0.